The summed E-state index contributed by atoms with van der Waals surface area (Å²) in [7, 11) is 0. The number of halogens is 1. The van der Waals surface area contributed by atoms with Gasteiger partial charge >= 0.3 is 0 Å². The fourth-order valence-electron chi connectivity index (χ4n) is 0.620. The molecular formula is C7H15IO. The Kier molecular flexibility index (Phi) is 5.89. The Morgan fingerprint density at radius 1 is 1.44 bits per heavy atom. The Bertz CT molecular complexity index is 63.9. The SMILES string of the molecule is CCOC(I)CC(C)C. The summed E-state index contributed by atoms with van der Waals surface area (Å²) < 4.78 is 5.75. The lowest BCUT2D eigenvalue weighted by Crippen LogP contribution is -2.06. The molecule has 0 N–H and O–H groups in total. The molecule has 0 spiro atoms. The van der Waals surface area contributed by atoms with Crippen LogP contribution in [0.5, 0.6) is 0 Å². The monoisotopic (exact) mass is 242 g/mol. The van der Waals surface area contributed by atoms with Crippen LogP contribution in [0.1, 0.15) is 27.2 Å². The van der Waals surface area contributed by atoms with E-state index in [1.165, 1.54) is 0 Å². The molecule has 0 rings (SSSR count). The zero-order valence-electron chi connectivity index (χ0n) is 6.36. The van der Waals surface area contributed by atoms with Gasteiger partial charge in [-0.15, -0.1) is 0 Å². The van der Waals surface area contributed by atoms with Crippen molar-refractivity contribution in [1.29, 1.82) is 0 Å². The van der Waals surface area contributed by atoms with Gasteiger partial charge in [-0.05, 0) is 19.3 Å². The average molecular weight is 242 g/mol. The van der Waals surface area contributed by atoms with Crippen molar-refractivity contribution in [3.8, 4) is 0 Å². The summed E-state index contributed by atoms with van der Waals surface area (Å²) >= 11 is 2.33. The molecule has 0 fully saturated rings. The molecular weight excluding hydrogens is 227 g/mol. The molecule has 2 heteroatoms. The van der Waals surface area contributed by atoms with Gasteiger partial charge in [0.15, 0.2) is 0 Å². The van der Waals surface area contributed by atoms with Crippen LogP contribution in [0.15, 0.2) is 0 Å². The first-order chi connectivity index (χ1) is 4.16. The number of ether oxygens (including phenoxy) is 1. The molecule has 1 atom stereocenters. The highest BCUT2D eigenvalue weighted by Crippen LogP contribution is 2.13. The van der Waals surface area contributed by atoms with E-state index in [1.54, 1.807) is 0 Å². The zero-order chi connectivity index (χ0) is 7.28. The van der Waals surface area contributed by atoms with Gasteiger partial charge in [-0.2, -0.15) is 0 Å². The fraction of sp³-hybridized carbons (Fsp3) is 1.00. The van der Waals surface area contributed by atoms with E-state index in [1.807, 2.05) is 6.92 Å². The van der Waals surface area contributed by atoms with E-state index >= 15 is 0 Å². The van der Waals surface area contributed by atoms with E-state index < -0.39 is 0 Å². The van der Waals surface area contributed by atoms with Crippen LogP contribution in [0.2, 0.25) is 0 Å². The summed E-state index contributed by atoms with van der Waals surface area (Å²) in [5, 5.41) is 0. The molecule has 0 heterocycles. The van der Waals surface area contributed by atoms with Gasteiger partial charge in [0.1, 0.15) is 4.11 Å². The number of rotatable bonds is 4. The van der Waals surface area contributed by atoms with E-state index in [2.05, 4.69) is 36.4 Å². The highest BCUT2D eigenvalue weighted by atomic mass is 127. The zero-order valence-corrected chi connectivity index (χ0v) is 8.51. The van der Waals surface area contributed by atoms with Crippen LogP contribution >= 0.6 is 22.6 Å². The second-order valence-electron chi connectivity index (χ2n) is 2.49. The molecule has 0 saturated carbocycles. The molecule has 0 bridgehead atoms. The second-order valence-corrected chi connectivity index (χ2v) is 3.88. The second kappa shape index (κ2) is 5.47. The minimum Gasteiger partial charge on any atom is -0.368 e. The summed E-state index contributed by atoms with van der Waals surface area (Å²) in [6, 6.07) is 0. The first-order valence-corrected chi connectivity index (χ1v) is 4.67. The molecule has 56 valence electrons. The Balaban J connectivity index is 3.15. The van der Waals surface area contributed by atoms with Gasteiger partial charge in [0.05, 0.1) is 0 Å². The molecule has 0 aromatic rings. The van der Waals surface area contributed by atoms with Gasteiger partial charge in [-0.1, -0.05) is 36.4 Å². The van der Waals surface area contributed by atoms with Crippen molar-refractivity contribution in [3.63, 3.8) is 0 Å². The Labute approximate surface area is 71.3 Å². The molecule has 0 saturated heterocycles. The van der Waals surface area contributed by atoms with Crippen molar-refractivity contribution in [2.24, 2.45) is 5.92 Å². The largest absolute Gasteiger partial charge is 0.368 e. The topological polar surface area (TPSA) is 9.23 Å². The standard InChI is InChI=1S/C7H15IO/c1-4-9-7(8)5-6(2)3/h6-7H,4-5H2,1-3H3. The lowest BCUT2D eigenvalue weighted by Gasteiger charge is -2.11. The van der Waals surface area contributed by atoms with Gasteiger partial charge in [0.2, 0.25) is 0 Å². The van der Waals surface area contributed by atoms with Crippen molar-refractivity contribution in [2.45, 2.75) is 31.3 Å². The van der Waals surface area contributed by atoms with Crippen LogP contribution < -0.4 is 0 Å². The van der Waals surface area contributed by atoms with Crippen molar-refractivity contribution in [3.05, 3.63) is 0 Å². The predicted molar refractivity (Wildman–Crippen MR) is 48.9 cm³/mol. The molecule has 9 heavy (non-hydrogen) atoms. The number of hydrogen-bond acceptors (Lipinski definition) is 1. The van der Waals surface area contributed by atoms with Crippen LogP contribution in [-0.4, -0.2) is 10.7 Å². The van der Waals surface area contributed by atoms with Gasteiger partial charge in [0, 0.05) is 6.61 Å². The summed E-state index contributed by atoms with van der Waals surface area (Å²) in [6.07, 6.45) is 1.16. The maximum Gasteiger partial charge on any atom is 0.109 e. The van der Waals surface area contributed by atoms with E-state index in [4.69, 9.17) is 4.74 Å². The molecule has 0 aliphatic carbocycles. The quantitative estimate of drug-likeness (QED) is 0.544. The van der Waals surface area contributed by atoms with Crippen LogP contribution in [0.3, 0.4) is 0 Å². The lowest BCUT2D eigenvalue weighted by atomic mass is 10.1. The molecule has 1 nitrogen and oxygen atoms in total. The lowest BCUT2D eigenvalue weighted by molar-refractivity contribution is 0.121. The third-order valence-electron chi connectivity index (χ3n) is 1.00. The Hall–Kier alpha value is 0.690. The first-order valence-electron chi connectivity index (χ1n) is 3.42. The van der Waals surface area contributed by atoms with Crippen LogP contribution in [0, 0.1) is 5.92 Å². The third-order valence-corrected chi connectivity index (χ3v) is 1.87. The van der Waals surface area contributed by atoms with Gasteiger partial charge < -0.3 is 4.74 Å². The van der Waals surface area contributed by atoms with Gasteiger partial charge in [-0.25, -0.2) is 0 Å². The highest BCUT2D eigenvalue weighted by Gasteiger charge is 2.04. The highest BCUT2D eigenvalue weighted by molar-refractivity contribution is 14.1. The maximum absolute atomic E-state index is 5.34. The number of alkyl halides is 1. The molecule has 0 aliphatic rings. The van der Waals surface area contributed by atoms with Gasteiger partial charge in [-0.3, -0.25) is 0 Å². The molecule has 0 aromatic heterocycles. The summed E-state index contributed by atoms with van der Waals surface area (Å²) in [4.78, 5) is 0. The maximum atomic E-state index is 5.34. The predicted octanol–water partition coefficient (Wildman–Crippen LogP) is 2.83. The smallest absolute Gasteiger partial charge is 0.109 e. The Morgan fingerprint density at radius 3 is 2.33 bits per heavy atom. The van der Waals surface area contributed by atoms with Gasteiger partial charge in [0.25, 0.3) is 0 Å². The Morgan fingerprint density at radius 2 is 2.00 bits per heavy atom. The van der Waals surface area contributed by atoms with E-state index in [0.29, 0.717) is 4.11 Å². The average Bonchev–Trinajstić information content (AvgIpc) is 1.63. The van der Waals surface area contributed by atoms with Crippen LogP contribution in [-0.2, 0) is 4.74 Å². The normalized spacial score (nSPS) is 14.3. The molecule has 1 unspecified atom stereocenters. The van der Waals surface area contributed by atoms with Crippen LogP contribution in [0.4, 0.5) is 0 Å². The fourth-order valence-corrected chi connectivity index (χ4v) is 2.00. The summed E-state index contributed by atoms with van der Waals surface area (Å²) in [6.45, 7) is 7.29. The summed E-state index contributed by atoms with van der Waals surface area (Å²) in [5.74, 6) is 0.749. The van der Waals surface area contributed by atoms with E-state index in [9.17, 15) is 0 Å². The number of hydrogen-bond donors (Lipinski definition) is 0. The molecule has 0 radical (unpaired) electrons. The van der Waals surface area contributed by atoms with E-state index in [-0.39, 0.29) is 0 Å². The van der Waals surface area contributed by atoms with Crippen molar-refractivity contribution >= 4 is 22.6 Å². The van der Waals surface area contributed by atoms with Crippen molar-refractivity contribution < 1.29 is 4.74 Å². The van der Waals surface area contributed by atoms with Crippen LogP contribution in [0.25, 0.3) is 0 Å². The minimum absolute atomic E-state index is 0.410. The van der Waals surface area contributed by atoms with Crippen molar-refractivity contribution in [1.82, 2.24) is 0 Å². The molecule has 0 amide bonds. The summed E-state index contributed by atoms with van der Waals surface area (Å²) in [5.41, 5.74) is 0. The minimum atomic E-state index is 0.410. The third kappa shape index (κ3) is 6.58. The first kappa shape index (κ1) is 9.69. The van der Waals surface area contributed by atoms with Crippen molar-refractivity contribution in [2.75, 3.05) is 6.61 Å². The van der Waals surface area contributed by atoms with E-state index in [0.717, 1.165) is 18.9 Å². The molecule has 0 aromatic carbocycles. The molecule has 0 aliphatic heterocycles.